The molecule has 140 valence electrons. The van der Waals surface area contributed by atoms with Gasteiger partial charge in [0.25, 0.3) is 0 Å². The third-order valence-corrected chi connectivity index (χ3v) is 5.63. The van der Waals surface area contributed by atoms with Crippen LogP contribution in [0.4, 0.5) is 0 Å². The second-order valence-electron chi connectivity index (χ2n) is 7.05. The second-order valence-corrected chi connectivity index (χ2v) is 7.89. The number of aryl methyl sites for hydroxylation is 1. The Kier molecular flexibility index (Phi) is 6.91. The Hall–Kier alpha value is -1.16. The molecule has 2 aromatic rings. The molecule has 1 unspecified atom stereocenters. The Bertz CT molecular complexity index is 761. The van der Waals surface area contributed by atoms with Crippen LogP contribution in [-0.2, 0) is 12.8 Å². The lowest BCUT2D eigenvalue weighted by atomic mass is 9.81. The van der Waals surface area contributed by atoms with E-state index in [4.69, 9.17) is 33.2 Å². The molecule has 1 aromatic heterocycles. The summed E-state index contributed by atoms with van der Waals surface area (Å²) < 4.78 is 0. The quantitative estimate of drug-likeness (QED) is 0.633. The van der Waals surface area contributed by atoms with E-state index < -0.39 is 0 Å². The normalized spacial score (nSPS) is 16.5. The minimum Gasteiger partial charge on any atom is -0.316 e. The van der Waals surface area contributed by atoms with Crippen LogP contribution in [0.5, 0.6) is 0 Å². The zero-order valence-electron chi connectivity index (χ0n) is 15.6. The van der Waals surface area contributed by atoms with Crippen molar-refractivity contribution >= 4 is 23.2 Å². The first-order valence-electron chi connectivity index (χ1n) is 9.62. The van der Waals surface area contributed by atoms with E-state index in [-0.39, 0.29) is 5.92 Å². The summed E-state index contributed by atoms with van der Waals surface area (Å²) in [6.07, 6.45) is 6.66. The van der Waals surface area contributed by atoms with Crippen molar-refractivity contribution in [3.63, 3.8) is 0 Å². The average Bonchev–Trinajstić information content (AvgIpc) is 2.61. The first-order chi connectivity index (χ1) is 12.6. The number of nitrogens with zero attached hydrogens (tertiary/aromatic N) is 2. The number of halogens is 2. The van der Waals surface area contributed by atoms with Crippen molar-refractivity contribution in [3.05, 3.63) is 56.6 Å². The number of aromatic nitrogens is 2. The maximum absolute atomic E-state index is 6.50. The minimum absolute atomic E-state index is 0.233. The predicted molar refractivity (Wildman–Crippen MR) is 109 cm³/mol. The summed E-state index contributed by atoms with van der Waals surface area (Å²) in [5.41, 5.74) is 4.82. The van der Waals surface area contributed by atoms with Crippen molar-refractivity contribution in [1.29, 1.82) is 0 Å². The number of hydrogen-bond acceptors (Lipinski definition) is 3. The molecule has 5 heteroatoms. The molecular formula is C21H27Cl2N3. The summed E-state index contributed by atoms with van der Waals surface area (Å²) in [5.74, 6) is 1.08. The smallest absolute Gasteiger partial charge is 0.125 e. The number of nitrogens with one attached hydrogen (secondary N) is 1. The molecule has 0 radical (unpaired) electrons. The molecule has 1 N–H and O–H groups in total. The Morgan fingerprint density at radius 1 is 1.19 bits per heavy atom. The van der Waals surface area contributed by atoms with Gasteiger partial charge in [-0.05, 0) is 62.4 Å². The van der Waals surface area contributed by atoms with Gasteiger partial charge in [0.05, 0.1) is 5.69 Å². The number of benzene rings is 1. The zero-order valence-corrected chi connectivity index (χ0v) is 17.1. The molecule has 0 aliphatic heterocycles. The molecule has 0 spiro atoms. The highest BCUT2D eigenvalue weighted by Gasteiger charge is 2.27. The predicted octanol–water partition coefficient (Wildman–Crippen LogP) is 5.49. The monoisotopic (exact) mass is 391 g/mol. The molecule has 1 atom stereocenters. The molecule has 26 heavy (non-hydrogen) atoms. The van der Waals surface area contributed by atoms with Crippen molar-refractivity contribution < 1.29 is 0 Å². The van der Waals surface area contributed by atoms with Gasteiger partial charge in [-0.3, -0.25) is 0 Å². The Balaban J connectivity index is 1.87. The van der Waals surface area contributed by atoms with Crippen LogP contribution in [-0.4, -0.2) is 23.1 Å². The fraction of sp³-hybridized carbons (Fsp3) is 0.524. The van der Waals surface area contributed by atoms with Gasteiger partial charge in [-0.2, -0.15) is 0 Å². The molecular weight excluding hydrogens is 365 g/mol. The summed E-state index contributed by atoms with van der Waals surface area (Å²) in [4.78, 5) is 9.59. The standard InChI is InChI=1S/C21H27Cl2N3/c1-3-4-11-24-12-10-20-18-7-5-6-17(21(18)26-14(2)25-20)16-9-8-15(22)13-19(16)23/h8-9,13,17,24H,3-7,10-12H2,1-2H3. The number of hydrogen-bond donors (Lipinski definition) is 1. The third kappa shape index (κ3) is 4.57. The summed E-state index contributed by atoms with van der Waals surface area (Å²) in [6, 6.07) is 5.80. The molecule has 3 rings (SSSR count). The first-order valence-corrected chi connectivity index (χ1v) is 10.4. The van der Waals surface area contributed by atoms with Crippen molar-refractivity contribution in [2.24, 2.45) is 0 Å². The van der Waals surface area contributed by atoms with E-state index >= 15 is 0 Å². The van der Waals surface area contributed by atoms with Crippen molar-refractivity contribution in [2.45, 2.75) is 58.3 Å². The highest BCUT2D eigenvalue weighted by atomic mass is 35.5. The van der Waals surface area contributed by atoms with Gasteiger partial charge in [-0.15, -0.1) is 0 Å². The van der Waals surface area contributed by atoms with Crippen LogP contribution in [0.1, 0.15) is 66.9 Å². The molecule has 1 aliphatic rings. The van der Waals surface area contributed by atoms with Gasteiger partial charge in [0, 0.05) is 34.6 Å². The van der Waals surface area contributed by atoms with Gasteiger partial charge in [0.1, 0.15) is 5.82 Å². The fourth-order valence-electron chi connectivity index (χ4n) is 3.78. The van der Waals surface area contributed by atoms with Gasteiger partial charge in [-0.1, -0.05) is 42.6 Å². The summed E-state index contributed by atoms with van der Waals surface area (Å²) in [6.45, 7) is 6.25. The first kappa shape index (κ1) is 19.6. The average molecular weight is 392 g/mol. The second kappa shape index (κ2) is 9.16. The van der Waals surface area contributed by atoms with Gasteiger partial charge < -0.3 is 5.32 Å². The van der Waals surface area contributed by atoms with Crippen LogP contribution in [0.2, 0.25) is 10.0 Å². The Labute approximate surface area is 166 Å². The fourth-order valence-corrected chi connectivity index (χ4v) is 4.33. The molecule has 0 saturated heterocycles. The molecule has 0 saturated carbocycles. The minimum atomic E-state index is 0.233. The van der Waals surface area contributed by atoms with Gasteiger partial charge in [0.15, 0.2) is 0 Å². The van der Waals surface area contributed by atoms with Crippen LogP contribution in [0.25, 0.3) is 0 Å². The molecule has 0 amide bonds. The van der Waals surface area contributed by atoms with E-state index in [0.717, 1.165) is 60.9 Å². The summed E-state index contributed by atoms with van der Waals surface area (Å²) in [7, 11) is 0. The lowest BCUT2D eigenvalue weighted by Gasteiger charge is -2.27. The molecule has 1 heterocycles. The molecule has 0 bridgehead atoms. The Morgan fingerprint density at radius 2 is 2.04 bits per heavy atom. The van der Waals surface area contributed by atoms with Gasteiger partial charge in [0.2, 0.25) is 0 Å². The van der Waals surface area contributed by atoms with E-state index in [2.05, 4.69) is 12.2 Å². The maximum Gasteiger partial charge on any atom is 0.125 e. The third-order valence-electron chi connectivity index (χ3n) is 5.07. The highest BCUT2D eigenvalue weighted by molar-refractivity contribution is 6.35. The van der Waals surface area contributed by atoms with E-state index in [1.54, 1.807) is 0 Å². The topological polar surface area (TPSA) is 37.8 Å². The van der Waals surface area contributed by atoms with Crippen LogP contribution in [0.15, 0.2) is 18.2 Å². The zero-order chi connectivity index (χ0) is 18.5. The van der Waals surface area contributed by atoms with Crippen LogP contribution < -0.4 is 5.32 Å². The molecule has 3 nitrogen and oxygen atoms in total. The van der Waals surface area contributed by atoms with Crippen LogP contribution >= 0.6 is 23.2 Å². The van der Waals surface area contributed by atoms with Gasteiger partial charge >= 0.3 is 0 Å². The lowest BCUT2D eigenvalue weighted by Crippen LogP contribution is -2.22. The maximum atomic E-state index is 6.50. The SMILES string of the molecule is CCCCNCCc1nc(C)nc2c1CCCC2c1ccc(Cl)cc1Cl. The largest absolute Gasteiger partial charge is 0.316 e. The number of fused-ring (bicyclic) bond motifs is 1. The van der Waals surface area contributed by atoms with E-state index in [1.165, 1.54) is 24.1 Å². The van der Waals surface area contributed by atoms with Gasteiger partial charge in [-0.25, -0.2) is 9.97 Å². The summed E-state index contributed by atoms with van der Waals surface area (Å²) in [5, 5.41) is 4.93. The van der Waals surface area contributed by atoms with Crippen LogP contribution in [0, 0.1) is 6.92 Å². The van der Waals surface area contributed by atoms with Crippen LogP contribution in [0.3, 0.4) is 0 Å². The van der Waals surface area contributed by atoms with E-state index in [0.29, 0.717) is 5.02 Å². The molecule has 1 aliphatic carbocycles. The lowest BCUT2D eigenvalue weighted by molar-refractivity contribution is 0.577. The van der Waals surface area contributed by atoms with Crippen molar-refractivity contribution in [3.8, 4) is 0 Å². The number of unbranched alkanes of at least 4 members (excludes halogenated alkanes) is 1. The van der Waals surface area contributed by atoms with E-state index in [1.807, 2.05) is 25.1 Å². The molecule has 0 fully saturated rings. The summed E-state index contributed by atoms with van der Waals surface area (Å²) >= 11 is 12.6. The Morgan fingerprint density at radius 3 is 2.81 bits per heavy atom. The van der Waals surface area contributed by atoms with E-state index in [9.17, 15) is 0 Å². The molecule has 1 aromatic carbocycles. The van der Waals surface area contributed by atoms with Crippen molar-refractivity contribution in [1.82, 2.24) is 15.3 Å². The number of rotatable bonds is 7. The van der Waals surface area contributed by atoms with Crippen molar-refractivity contribution in [2.75, 3.05) is 13.1 Å². The highest BCUT2D eigenvalue weighted by Crippen LogP contribution is 2.40.